The first-order chi connectivity index (χ1) is 8.78. The summed E-state index contributed by atoms with van der Waals surface area (Å²) in [5.74, 6) is 0.0394. The Balaban J connectivity index is 1.74. The Morgan fingerprint density at radius 3 is 2.78 bits per heavy atom. The van der Waals surface area contributed by atoms with E-state index in [1.807, 2.05) is 11.8 Å². The maximum Gasteiger partial charge on any atom is 0.275 e. The molecule has 1 amide bonds. The molecule has 2 aliphatic rings. The average Bonchev–Trinajstić information content (AvgIpc) is 3.00. The zero-order valence-corrected chi connectivity index (χ0v) is 11.3. The van der Waals surface area contributed by atoms with Crippen molar-refractivity contribution in [1.29, 1.82) is 0 Å². The van der Waals surface area contributed by atoms with E-state index in [-0.39, 0.29) is 5.91 Å². The summed E-state index contributed by atoms with van der Waals surface area (Å²) in [6.07, 6.45) is 6.24. The van der Waals surface area contributed by atoms with Crippen molar-refractivity contribution in [1.82, 2.24) is 19.0 Å². The van der Waals surface area contributed by atoms with Crippen LogP contribution in [0.25, 0.3) is 0 Å². The molecule has 5 nitrogen and oxygen atoms in total. The van der Waals surface area contributed by atoms with Crippen molar-refractivity contribution in [2.75, 3.05) is 6.54 Å². The summed E-state index contributed by atoms with van der Waals surface area (Å²) < 4.78 is 7.98. The van der Waals surface area contributed by atoms with Crippen LogP contribution in [0.15, 0.2) is 6.20 Å². The third-order valence-electron chi connectivity index (χ3n) is 4.07. The van der Waals surface area contributed by atoms with Gasteiger partial charge in [-0.3, -0.25) is 4.79 Å². The Morgan fingerprint density at radius 1 is 1.50 bits per heavy atom. The fourth-order valence-corrected chi connectivity index (χ4v) is 3.66. The van der Waals surface area contributed by atoms with Gasteiger partial charge in [-0.15, -0.1) is 0 Å². The molecule has 6 heteroatoms. The standard InChI is InChI=1S/C12H18N4OS/c1-2-16(12(17)11-7-13-18-15-11)10-5-8-3-4-9(6-10)14-8/h7-10,14H,2-6H2,1H3. The van der Waals surface area contributed by atoms with Crippen LogP contribution in [-0.4, -0.2) is 44.2 Å². The molecular weight excluding hydrogens is 248 g/mol. The van der Waals surface area contributed by atoms with Crippen molar-refractivity contribution in [2.45, 2.75) is 50.7 Å². The molecule has 0 aliphatic carbocycles. The molecule has 98 valence electrons. The van der Waals surface area contributed by atoms with Gasteiger partial charge in [0, 0.05) is 24.7 Å². The summed E-state index contributed by atoms with van der Waals surface area (Å²) in [4.78, 5) is 14.4. The largest absolute Gasteiger partial charge is 0.334 e. The minimum atomic E-state index is 0.0394. The first kappa shape index (κ1) is 12.0. The van der Waals surface area contributed by atoms with E-state index in [4.69, 9.17) is 0 Å². The second-order valence-corrected chi connectivity index (χ2v) is 5.70. The number of carbonyl (C=O) groups excluding carboxylic acids is 1. The molecule has 0 spiro atoms. The molecule has 2 fully saturated rings. The van der Waals surface area contributed by atoms with Crippen molar-refractivity contribution < 1.29 is 4.79 Å². The van der Waals surface area contributed by atoms with Crippen LogP contribution in [0.3, 0.4) is 0 Å². The Morgan fingerprint density at radius 2 is 2.22 bits per heavy atom. The number of nitrogens with zero attached hydrogens (tertiary/aromatic N) is 3. The third kappa shape index (κ3) is 2.14. The van der Waals surface area contributed by atoms with Crippen LogP contribution in [-0.2, 0) is 0 Å². The first-order valence-electron chi connectivity index (χ1n) is 6.62. The van der Waals surface area contributed by atoms with Crippen LogP contribution >= 0.6 is 11.7 Å². The van der Waals surface area contributed by atoms with Gasteiger partial charge in [0.05, 0.1) is 17.9 Å². The van der Waals surface area contributed by atoms with E-state index in [2.05, 4.69) is 14.1 Å². The average molecular weight is 266 g/mol. The van der Waals surface area contributed by atoms with Crippen LogP contribution in [0.4, 0.5) is 0 Å². The van der Waals surface area contributed by atoms with Gasteiger partial charge in [-0.05, 0) is 32.6 Å². The van der Waals surface area contributed by atoms with Crippen molar-refractivity contribution in [3.05, 3.63) is 11.9 Å². The van der Waals surface area contributed by atoms with Gasteiger partial charge in [-0.25, -0.2) is 0 Å². The highest BCUT2D eigenvalue weighted by molar-refractivity contribution is 6.99. The predicted octanol–water partition coefficient (Wildman–Crippen LogP) is 1.28. The molecule has 0 radical (unpaired) electrons. The fourth-order valence-electron chi connectivity index (χ4n) is 3.26. The molecule has 2 atom stereocenters. The number of fused-ring (bicyclic) bond motifs is 2. The Labute approximate surface area is 111 Å². The van der Waals surface area contributed by atoms with E-state index in [1.54, 1.807) is 6.20 Å². The highest BCUT2D eigenvalue weighted by Gasteiger charge is 2.37. The number of amides is 1. The minimum absolute atomic E-state index is 0.0394. The summed E-state index contributed by atoms with van der Waals surface area (Å²) in [7, 11) is 0. The lowest BCUT2D eigenvalue weighted by Crippen LogP contribution is -2.50. The zero-order valence-electron chi connectivity index (χ0n) is 10.5. The monoisotopic (exact) mass is 266 g/mol. The van der Waals surface area contributed by atoms with Crippen molar-refractivity contribution in [3.8, 4) is 0 Å². The van der Waals surface area contributed by atoms with Gasteiger partial charge >= 0.3 is 0 Å². The Hall–Kier alpha value is -1.01. The summed E-state index contributed by atoms with van der Waals surface area (Å²) in [5, 5.41) is 3.61. The molecule has 0 saturated carbocycles. The molecule has 1 N–H and O–H groups in total. The van der Waals surface area contributed by atoms with Gasteiger partial charge in [-0.1, -0.05) is 0 Å². The summed E-state index contributed by atoms with van der Waals surface area (Å²) in [6, 6.07) is 1.57. The van der Waals surface area contributed by atoms with E-state index in [1.165, 1.54) is 12.8 Å². The van der Waals surface area contributed by atoms with E-state index in [0.29, 0.717) is 23.8 Å². The number of aromatic nitrogens is 2. The molecule has 2 aliphatic heterocycles. The molecule has 2 unspecified atom stereocenters. The highest BCUT2D eigenvalue weighted by atomic mass is 32.1. The molecule has 0 aromatic carbocycles. The molecule has 1 aromatic rings. The Kier molecular flexibility index (Phi) is 3.30. The SMILES string of the molecule is CCN(C(=O)c1cnsn1)C1CC2CCC(C1)N2. The minimum Gasteiger partial charge on any atom is -0.334 e. The number of piperidine rings is 1. The van der Waals surface area contributed by atoms with Gasteiger partial charge in [0.25, 0.3) is 5.91 Å². The quantitative estimate of drug-likeness (QED) is 0.895. The smallest absolute Gasteiger partial charge is 0.275 e. The highest BCUT2D eigenvalue weighted by Crippen LogP contribution is 2.30. The summed E-state index contributed by atoms with van der Waals surface area (Å²) in [5.41, 5.74) is 0.493. The molecule has 3 rings (SSSR count). The maximum atomic E-state index is 12.4. The second-order valence-electron chi connectivity index (χ2n) is 5.15. The van der Waals surface area contributed by atoms with Gasteiger partial charge in [0.15, 0.2) is 5.69 Å². The predicted molar refractivity (Wildman–Crippen MR) is 69.6 cm³/mol. The number of hydrogen-bond acceptors (Lipinski definition) is 5. The van der Waals surface area contributed by atoms with Crippen LogP contribution in [0, 0.1) is 0 Å². The van der Waals surface area contributed by atoms with Gasteiger partial charge in [0.1, 0.15) is 0 Å². The molecular formula is C12H18N4OS. The normalized spacial score (nSPS) is 30.4. The van der Waals surface area contributed by atoms with E-state index >= 15 is 0 Å². The number of rotatable bonds is 3. The second kappa shape index (κ2) is 4.93. The maximum absolute atomic E-state index is 12.4. The van der Waals surface area contributed by atoms with Crippen LogP contribution in [0.2, 0.25) is 0 Å². The van der Waals surface area contributed by atoms with Crippen molar-refractivity contribution in [2.24, 2.45) is 0 Å². The van der Waals surface area contributed by atoms with Gasteiger partial charge in [0.2, 0.25) is 0 Å². The topological polar surface area (TPSA) is 58.1 Å². The molecule has 2 saturated heterocycles. The van der Waals surface area contributed by atoms with Crippen LogP contribution < -0.4 is 5.32 Å². The molecule has 18 heavy (non-hydrogen) atoms. The third-order valence-corrected chi connectivity index (χ3v) is 4.55. The Bertz CT molecular complexity index is 410. The van der Waals surface area contributed by atoms with Crippen LogP contribution in [0.5, 0.6) is 0 Å². The van der Waals surface area contributed by atoms with E-state index in [0.717, 1.165) is 31.1 Å². The number of nitrogens with one attached hydrogen (secondary N) is 1. The van der Waals surface area contributed by atoms with Crippen molar-refractivity contribution in [3.63, 3.8) is 0 Å². The number of carbonyl (C=O) groups is 1. The zero-order chi connectivity index (χ0) is 12.5. The van der Waals surface area contributed by atoms with Crippen molar-refractivity contribution >= 4 is 17.6 Å². The summed E-state index contributed by atoms with van der Waals surface area (Å²) in [6.45, 7) is 2.79. The molecule has 1 aromatic heterocycles. The lowest BCUT2D eigenvalue weighted by Gasteiger charge is -2.36. The lowest BCUT2D eigenvalue weighted by atomic mass is 9.98. The molecule has 2 bridgehead atoms. The van der Waals surface area contributed by atoms with Gasteiger partial charge < -0.3 is 10.2 Å². The number of hydrogen-bond donors (Lipinski definition) is 1. The van der Waals surface area contributed by atoms with Crippen LogP contribution in [0.1, 0.15) is 43.1 Å². The molecule has 3 heterocycles. The summed E-state index contributed by atoms with van der Waals surface area (Å²) >= 11 is 1.10. The lowest BCUT2D eigenvalue weighted by molar-refractivity contribution is 0.0626. The van der Waals surface area contributed by atoms with E-state index in [9.17, 15) is 4.79 Å². The fraction of sp³-hybridized carbons (Fsp3) is 0.750. The van der Waals surface area contributed by atoms with Gasteiger partial charge in [-0.2, -0.15) is 8.75 Å². The van der Waals surface area contributed by atoms with E-state index < -0.39 is 0 Å². The first-order valence-corrected chi connectivity index (χ1v) is 7.35.